The highest BCUT2D eigenvalue weighted by Crippen LogP contribution is 2.44. The Bertz CT molecular complexity index is 1530. The van der Waals surface area contributed by atoms with Crippen molar-refractivity contribution < 1.29 is 23.5 Å². The number of Topliss-reactive ketones (excluding diaryl/α,β-unsaturated/α-hetero) is 1. The summed E-state index contributed by atoms with van der Waals surface area (Å²) in [6.45, 7) is 6.22. The van der Waals surface area contributed by atoms with Crippen LogP contribution in [0.15, 0.2) is 72.3 Å². The number of aliphatic hydroxyl groups is 1. The van der Waals surface area contributed by atoms with Crippen LogP contribution in [0.4, 0.5) is 13.9 Å². The molecular formula is C28H22F2N2O3S. The molecule has 4 aromatic rings. The van der Waals surface area contributed by atoms with Crippen molar-refractivity contribution in [2.45, 2.75) is 32.2 Å². The number of rotatable bonds is 3. The zero-order valence-corrected chi connectivity index (χ0v) is 20.6. The zero-order chi connectivity index (χ0) is 25.8. The molecule has 0 spiro atoms. The summed E-state index contributed by atoms with van der Waals surface area (Å²) < 4.78 is 27.8. The maximum absolute atomic E-state index is 13.8. The SMILES string of the molecule is CC(C)(C)c1ccc(C2C(=C(O)c3ccc(F)cc3)C(=O)C(=O)N2c2nc3ccc(F)cc3s2)cc1. The van der Waals surface area contributed by atoms with Gasteiger partial charge in [0, 0.05) is 5.56 Å². The van der Waals surface area contributed by atoms with Crippen molar-refractivity contribution in [1.82, 2.24) is 4.98 Å². The molecule has 1 fully saturated rings. The van der Waals surface area contributed by atoms with Crippen molar-refractivity contribution in [3.8, 4) is 0 Å². The van der Waals surface area contributed by atoms with Crippen LogP contribution >= 0.6 is 11.3 Å². The summed E-state index contributed by atoms with van der Waals surface area (Å²) in [6, 6.07) is 15.6. The molecule has 1 aromatic heterocycles. The lowest BCUT2D eigenvalue weighted by Crippen LogP contribution is -2.29. The second kappa shape index (κ2) is 8.64. The molecule has 8 heteroatoms. The van der Waals surface area contributed by atoms with Gasteiger partial charge >= 0.3 is 5.91 Å². The van der Waals surface area contributed by atoms with Gasteiger partial charge in [-0.3, -0.25) is 14.5 Å². The number of anilines is 1. The second-order valence-corrected chi connectivity index (χ2v) is 10.7. The van der Waals surface area contributed by atoms with Crippen molar-refractivity contribution >= 4 is 44.1 Å². The minimum atomic E-state index is -0.977. The van der Waals surface area contributed by atoms with E-state index in [2.05, 4.69) is 25.8 Å². The van der Waals surface area contributed by atoms with Gasteiger partial charge in [-0.2, -0.15) is 0 Å². The number of amides is 1. The average Bonchev–Trinajstić information content (AvgIpc) is 3.36. The van der Waals surface area contributed by atoms with Crippen LogP contribution in [-0.4, -0.2) is 21.8 Å². The Hall–Kier alpha value is -3.91. The first kappa shape index (κ1) is 23.8. The Kier molecular flexibility index (Phi) is 5.71. The van der Waals surface area contributed by atoms with Gasteiger partial charge in [-0.1, -0.05) is 56.4 Å². The topological polar surface area (TPSA) is 70.5 Å². The normalized spacial score (nSPS) is 17.8. The molecule has 0 radical (unpaired) electrons. The average molecular weight is 505 g/mol. The third-order valence-electron chi connectivity index (χ3n) is 6.20. The molecule has 1 unspecified atom stereocenters. The molecule has 0 aliphatic carbocycles. The van der Waals surface area contributed by atoms with Gasteiger partial charge < -0.3 is 5.11 Å². The number of fused-ring (bicyclic) bond motifs is 1. The third-order valence-corrected chi connectivity index (χ3v) is 7.22. The summed E-state index contributed by atoms with van der Waals surface area (Å²) in [5, 5.41) is 11.4. The highest BCUT2D eigenvalue weighted by atomic mass is 32.1. The highest BCUT2D eigenvalue weighted by Gasteiger charge is 2.48. The first-order valence-corrected chi connectivity index (χ1v) is 12.1. The molecule has 1 aliphatic rings. The highest BCUT2D eigenvalue weighted by molar-refractivity contribution is 7.22. The van der Waals surface area contributed by atoms with E-state index in [1.807, 2.05) is 24.3 Å². The van der Waals surface area contributed by atoms with Crippen molar-refractivity contribution in [1.29, 1.82) is 0 Å². The number of aliphatic hydroxyl groups excluding tert-OH is 1. The van der Waals surface area contributed by atoms with E-state index in [1.54, 1.807) is 0 Å². The van der Waals surface area contributed by atoms with Crippen molar-refractivity contribution in [3.05, 3.63) is 101 Å². The number of thiazole rings is 1. The maximum atomic E-state index is 13.8. The molecule has 3 aromatic carbocycles. The summed E-state index contributed by atoms with van der Waals surface area (Å²) in [6.07, 6.45) is 0. The van der Waals surface area contributed by atoms with Gasteiger partial charge in [-0.05, 0) is 59.0 Å². The van der Waals surface area contributed by atoms with Crippen LogP contribution in [0.5, 0.6) is 0 Å². The molecule has 1 amide bonds. The molecule has 182 valence electrons. The zero-order valence-electron chi connectivity index (χ0n) is 19.8. The first-order chi connectivity index (χ1) is 17.0. The summed E-state index contributed by atoms with van der Waals surface area (Å²) in [5.74, 6) is -3.09. The van der Waals surface area contributed by atoms with E-state index in [-0.39, 0.29) is 21.7 Å². The van der Waals surface area contributed by atoms with E-state index in [1.165, 1.54) is 47.4 Å². The standard InChI is InChI=1S/C28H22F2N2O3S/c1-28(2,3)17-8-4-15(5-9-17)23-22(24(33)16-6-10-18(29)11-7-16)25(34)26(35)32(23)27-31-20-13-12-19(30)14-21(20)36-27/h4-14,23,33H,1-3H3. The Balaban J connectivity index is 1.71. The molecule has 1 atom stereocenters. The van der Waals surface area contributed by atoms with Crippen molar-refractivity contribution in [2.24, 2.45) is 0 Å². The Morgan fingerprint density at radius 2 is 1.58 bits per heavy atom. The van der Waals surface area contributed by atoms with Crippen LogP contribution in [0.2, 0.25) is 0 Å². The lowest BCUT2D eigenvalue weighted by molar-refractivity contribution is -0.132. The molecule has 1 saturated heterocycles. The number of ketones is 1. The maximum Gasteiger partial charge on any atom is 0.301 e. The largest absolute Gasteiger partial charge is 0.507 e. The first-order valence-electron chi connectivity index (χ1n) is 11.3. The van der Waals surface area contributed by atoms with Crippen LogP contribution in [0.1, 0.15) is 43.5 Å². The molecule has 5 rings (SSSR count). The predicted octanol–water partition coefficient (Wildman–Crippen LogP) is 6.50. The van der Waals surface area contributed by atoms with E-state index >= 15 is 0 Å². The Morgan fingerprint density at radius 3 is 2.22 bits per heavy atom. The van der Waals surface area contributed by atoms with Gasteiger partial charge in [-0.25, -0.2) is 13.8 Å². The number of carbonyl (C=O) groups is 2. The van der Waals surface area contributed by atoms with Gasteiger partial charge in [0.25, 0.3) is 5.78 Å². The van der Waals surface area contributed by atoms with Gasteiger partial charge in [0.05, 0.1) is 21.8 Å². The lowest BCUT2D eigenvalue weighted by atomic mass is 9.85. The Labute approximate surface area is 210 Å². The van der Waals surface area contributed by atoms with Crippen LogP contribution in [-0.2, 0) is 15.0 Å². The van der Waals surface area contributed by atoms with Gasteiger partial charge in [0.2, 0.25) is 0 Å². The molecule has 1 aliphatic heterocycles. The van der Waals surface area contributed by atoms with Gasteiger partial charge in [-0.15, -0.1) is 0 Å². The minimum absolute atomic E-state index is 0.119. The number of hydrogen-bond donors (Lipinski definition) is 1. The number of nitrogens with zero attached hydrogens (tertiary/aromatic N) is 2. The summed E-state index contributed by atoms with van der Waals surface area (Å²) >= 11 is 1.08. The fourth-order valence-corrected chi connectivity index (χ4v) is 5.28. The number of halogens is 2. The lowest BCUT2D eigenvalue weighted by Gasteiger charge is -2.24. The van der Waals surface area contributed by atoms with Gasteiger partial charge in [0.1, 0.15) is 17.4 Å². The smallest absolute Gasteiger partial charge is 0.301 e. The van der Waals surface area contributed by atoms with Crippen LogP contribution in [0.25, 0.3) is 16.0 Å². The molecule has 36 heavy (non-hydrogen) atoms. The van der Waals surface area contributed by atoms with E-state index in [0.717, 1.165) is 16.9 Å². The van der Waals surface area contributed by atoms with E-state index in [0.29, 0.717) is 15.8 Å². The number of benzene rings is 3. The fraction of sp³-hybridized carbons (Fsp3) is 0.179. The van der Waals surface area contributed by atoms with Crippen molar-refractivity contribution in [3.63, 3.8) is 0 Å². The summed E-state index contributed by atoms with van der Waals surface area (Å²) in [7, 11) is 0. The Morgan fingerprint density at radius 1 is 0.944 bits per heavy atom. The quantitative estimate of drug-likeness (QED) is 0.196. The monoisotopic (exact) mass is 504 g/mol. The predicted molar refractivity (Wildman–Crippen MR) is 136 cm³/mol. The molecule has 2 heterocycles. The molecule has 0 saturated carbocycles. The van der Waals surface area contributed by atoms with E-state index < -0.39 is 35.1 Å². The molecular weight excluding hydrogens is 482 g/mol. The minimum Gasteiger partial charge on any atom is -0.507 e. The molecule has 5 nitrogen and oxygen atoms in total. The van der Waals surface area contributed by atoms with Crippen LogP contribution in [0.3, 0.4) is 0 Å². The van der Waals surface area contributed by atoms with E-state index in [4.69, 9.17) is 0 Å². The second-order valence-electron chi connectivity index (χ2n) is 9.66. The van der Waals surface area contributed by atoms with Crippen LogP contribution in [0, 0.1) is 11.6 Å². The van der Waals surface area contributed by atoms with Crippen molar-refractivity contribution in [2.75, 3.05) is 4.90 Å². The summed E-state index contributed by atoms with van der Waals surface area (Å²) in [5.41, 5.74) is 2.09. The number of carbonyl (C=O) groups excluding carboxylic acids is 2. The van der Waals surface area contributed by atoms with Gasteiger partial charge in [0.15, 0.2) is 5.13 Å². The fourth-order valence-electron chi connectivity index (χ4n) is 4.26. The molecule has 0 bridgehead atoms. The van der Waals surface area contributed by atoms with Crippen LogP contribution < -0.4 is 4.90 Å². The number of aromatic nitrogens is 1. The van der Waals surface area contributed by atoms with E-state index in [9.17, 15) is 23.5 Å². The third kappa shape index (κ3) is 4.07. The molecule has 1 N–H and O–H groups in total. The summed E-state index contributed by atoms with van der Waals surface area (Å²) in [4.78, 5) is 32.3. The number of hydrogen-bond acceptors (Lipinski definition) is 5.